The summed E-state index contributed by atoms with van der Waals surface area (Å²) in [7, 11) is 0. The van der Waals surface area contributed by atoms with Crippen molar-refractivity contribution in [2.45, 2.75) is 25.8 Å². The van der Waals surface area contributed by atoms with Crippen LogP contribution >= 0.6 is 11.3 Å². The number of imidazole rings is 1. The zero-order chi connectivity index (χ0) is 17.1. The summed E-state index contributed by atoms with van der Waals surface area (Å²) < 4.78 is 7.44. The van der Waals surface area contributed by atoms with Gasteiger partial charge < -0.3 is 9.73 Å². The minimum absolute atomic E-state index is 0.0641. The van der Waals surface area contributed by atoms with Gasteiger partial charge in [-0.3, -0.25) is 14.1 Å². The van der Waals surface area contributed by atoms with Gasteiger partial charge in [0.25, 0.3) is 0 Å². The van der Waals surface area contributed by atoms with E-state index in [9.17, 15) is 4.79 Å². The molecule has 132 valence electrons. The molecule has 1 aliphatic rings. The van der Waals surface area contributed by atoms with Crippen molar-refractivity contribution >= 4 is 22.2 Å². The van der Waals surface area contributed by atoms with E-state index in [0.717, 1.165) is 55.3 Å². The Kier molecular flexibility index (Phi) is 4.85. The summed E-state index contributed by atoms with van der Waals surface area (Å²) in [4.78, 5) is 20.3. The Morgan fingerprint density at radius 1 is 1.48 bits per heavy atom. The number of carbonyl (C=O) groups excluding carboxylic acids is 1. The maximum atomic E-state index is 12.5. The Morgan fingerprint density at radius 2 is 2.44 bits per heavy atom. The highest BCUT2D eigenvalue weighted by Crippen LogP contribution is 2.19. The highest BCUT2D eigenvalue weighted by molar-refractivity contribution is 7.15. The van der Waals surface area contributed by atoms with Crippen LogP contribution in [0.15, 0.2) is 40.6 Å². The second-order valence-corrected chi connectivity index (χ2v) is 7.39. The number of amides is 1. The second-order valence-electron chi connectivity index (χ2n) is 6.52. The Bertz CT molecular complexity index is 795. The number of furan rings is 1. The number of aromatic nitrogens is 2. The standard InChI is InChI=1S/C18H22N4O2S/c23-17(19-6-5-15-12-22-8-10-25-18(22)20-15)14-3-1-7-21(11-14)13-16-4-2-9-24-16/h2,4,8-10,12,14H,1,3,5-7,11,13H2,(H,19,23)/t14-/m0/s1. The molecule has 4 rings (SSSR count). The van der Waals surface area contributed by atoms with Crippen molar-refractivity contribution in [3.8, 4) is 0 Å². The van der Waals surface area contributed by atoms with Crippen LogP contribution in [0.5, 0.6) is 0 Å². The van der Waals surface area contributed by atoms with Crippen LogP contribution in [0.2, 0.25) is 0 Å². The van der Waals surface area contributed by atoms with Crippen LogP contribution in [0.3, 0.4) is 0 Å². The fourth-order valence-electron chi connectivity index (χ4n) is 3.39. The lowest BCUT2D eigenvalue weighted by Gasteiger charge is -2.31. The van der Waals surface area contributed by atoms with Crippen LogP contribution in [0.1, 0.15) is 24.3 Å². The van der Waals surface area contributed by atoms with E-state index < -0.39 is 0 Å². The smallest absolute Gasteiger partial charge is 0.224 e. The van der Waals surface area contributed by atoms with Crippen LogP contribution in [0.25, 0.3) is 4.96 Å². The molecule has 0 bridgehead atoms. The third-order valence-electron chi connectivity index (χ3n) is 4.66. The number of nitrogens with one attached hydrogen (secondary N) is 1. The van der Waals surface area contributed by atoms with Gasteiger partial charge in [0, 0.05) is 37.3 Å². The number of hydrogen-bond acceptors (Lipinski definition) is 5. The Labute approximate surface area is 150 Å². The molecule has 1 fully saturated rings. The number of likely N-dealkylation sites (tertiary alicyclic amines) is 1. The molecule has 1 aliphatic heterocycles. The number of rotatable bonds is 6. The van der Waals surface area contributed by atoms with Crippen LogP contribution in [0, 0.1) is 5.92 Å². The van der Waals surface area contributed by atoms with Crippen LogP contribution in [-0.2, 0) is 17.8 Å². The molecule has 3 aromatic rings. The molecule has 1 saturated heterocycles. The molecule has 1 atom stereocenters. The molecule has 0 spiro atoms. The van der Waals surface area contributed by atoms with Gasteiger partial charge in [0.2, 0.25) is 5.91 Å². The summed E-state index contributed by atoms with van der Waals surface area (Å²) >= 11 is 1.62. The molecular formula is C18H22N4O2S. The number of carbonyl (C=O) groups is 1. The van der Waals surface area contributed by atoms with E-state index in [-0.39, 0.29) is 11.8 Å². The van der Waals surface area contributed by atoms with E-state index in [1.165, 1.54) is 0 Å². The van der Waals surface area contributed by atoms with Gasteiger partial charge in [0.1, 0.15) is 5.76 Å². The molecule has 0 unspecified atom stereocenters. The number of piperidine rings is 1. The van der Waals surface area contributed by atoms with Gasteiger partial charge in [-0.25, -0.2) is 4.98 Å². The lowest BCUT2D eigenvalue weighted by atomic mass is 9.97. The van der Waals surface area contributed by atoms with E-state index in [1.54, 1.807) is 17.6 Å². The Hall–Kier alpha value is -2.12. The highest BCUT2D eigenvalue weighted by Gasteiger charge is 2.25. The molecule has 1 N–H and O–H groups in total. The summed E-state index contributed by atoms with van der Waals surface area (Å²) in [5.74, 6) is 1.18. The van der Waals surface area contributed by atoms with E-state index in [4.69, 9.17) is 4.42 Å². The monoisotopic (exact) mass is 358 g/mol. The zero-order valence-electron chi connectivity index (χ0n) is 14.1. The maximum Gasteiger partial charge on any atom is 0.224 e. The van der Waals surface area contributed by atoms with E-state index in [0.29, 0.717) is 6.54 Å². The van der Waals surface area contributed by atoms with E-state index >= 15 is 0 Å². The third kappa shape index (κ3) is 3.93. The molecule has 7 heteroatoms. The predicted octanol–water partition coefficient (Wildman–Crippen LogP) is 2.56. The van der Waals surface area contributed by atoms with Gasteiger partial charge in [0.05, 0.1) is 24.4 Å². The van der Waals surface area contributed by atoms with Crippen LogP contribution < -0.4 is 5.32 Å². The fraction of sp³-hybridized carbons (Fsp3) is 0.444. The van der Waals surface area contributed by atoms with Crippen molar-refractivity contribution in [1.82, 2.24) is 19.6 Å². The average molecular weight is 358 g/mol. The maximum absolute atomic E-state index is 12.5. The van der Waals surface area contributed by atoms with Crippen molar-refractivity contribution in [2.24, 2.45) is 5.92 Å². The Balaban J connectivity index is 1.24. The van der Waals surface area contributed by atoms with Gasteiger partial charge >= 0.3 is 0 Å². The van der Waals surface area contributed by atoms with Crippen molar-refractivity contribution in [3.63, 3.8) is 0 Å². The highest BCUT2D eigenvalue weighted by atomic mass is 32.1. The number of thiazole rings is 1. The first-order chi connectivity index (χ1) is 12.3. The minimum Gasteiger partial charge on any atom is -0.468 e. The fourth-order valence-corrected chi connectivity index (χ4v) is 4.11. The number of nitrogens with zero attached hydrogens (tertiary/aromatic N) is 3. The summed E-state index contributed by atoms with van der Waals surface area (Å²) in [5, 5.41) is 5.10. The molecule has 6 nitrogen and oxygen atoms in total. The first-order valence-electron chi connectivity index (χ1n) is 8.71. The van der Waals surface area contributed by atoms with E-state index in [1.807, 2.05) is 34.3 Å². The molecule has 25 heavy (non-hydrogen) atoms. The molecule has 0 saturated carbocycles. The van der Waals surface area contributed by atoms with Crippen molar-refractivity contribution in [1.29, 1.82) is 0 Å². The SMILES string of the molecule is O=C(NCCc1cn2ccsc2n1)[C@H]1CCCN(Cc2ccco2)C1. The van der Waals surface area contributed by atoms with E-state index in [2.05, 4.69) is 15.2 Å². The topological polar surface area (TPSA) is 62.8 Å². The predicted molar refractivity (Wildman–Crippen MR) is 96.5 cm³/mol. The molecule has 0 aromatic carbocycles. The molecule has 3 aromatic heterocycles. The first kappa shape index (κ1) is 16.4. The van der Waals surface area contributed by atoms with Gasteiger partial charge in [-0.2, -0.15) is 0 Å². The summed E-state index contributed by atoms with van der Waals surface area (Å²) in [6.07, 6.45) is 8.51. The van der Waals surface area contributed by atoms with Crippen molar-refractivity contribution in [3.05, 3.63) is 47.6 Å². The lowest BCUT2D eigenvalue weighted by Crippen LogP contribution is -2.43. The van der Waals surface area contributed by atoms with Gasteiger partial charge in [0.15, 0.2) is 4.96 Å². The second kappa shape index (κ2) is 7.41. The Morgan fingerprint density at radius 3 is 3.28 bits per heavy atom. The van der Waals surface area contributed by atoms with Crippen molar-refractivity contribution in [2.75, 3.05) is 19.6 Å². The largest absolute Gasteiger partial charge is 0.468 e. The lowest BCUT2D eigenvalue weighted by molar-refractivity contribution is -0.126. The molecule has 0 aliphatic carbocycles. The van der Waals surface area contributed by atoms with Gasteiger partial charge in [-0.15, -0.1) is 11.3 Å². The first-order valence-corrected chi connectivity index (χ1v) is 9.59. The molecule has 1 amide bonds. The van der Waals surface area contributed by atoms with Crippen LogP contribution in [0.4, 0.5) is 0 Å². The van der Waals surface area contributed by atoms with Gasteiger partial charge in [-0.05, 0) is 31.5 Å². The normalized spacial score (nSPS) is 18.6. The summed E-state index contributed by atoms with van der Waals surface area (Å²) in [5.41, 5.74) is 1.02. The van der Waals surface area contributed by atoms with Gasteiger partial charge in [-0.1, -0.05) is 0 Å². The molecule has 4 heterocycles. The number of hydrogen-bond donors (Lipinski definition) is 1. The zero-order valence-corrected chi connectivity index (χ0v) is 14.9. The number of fused-ring (bicyclic) bond motifs is 1. The molecule has 0 radical (unpaired) electrons. The third-order valence-corrected chi connectivity index (χ3v) is 5.43. The van der Waals surface area contributed by atoms with Crippen molar-refractivity contribution < 1.29 is 9.21 Å². The van der Waals surface area contributed by atoms with Crippen LogP contribution in [-0.4, -0.2) is 39.8 Å². The average Bonchev–Trinajstić information content (AvgIpc) is 3.32. The minimum atomic E-state index is 0.0641. The molecular weight excluding hydrogens is 336 g/mol. The summed E-state index contributed by atoms with van der Waals surface area (Å²) in [6, 6.07) is 3.89. The quantitative estimate of drug-likeness (QED) is 0.736. The summed E-state index contributed by atoms with van der Waals surface area (Å²) in [6.45, 7) is 3.24.